The second-order valence-corrected chi connectivity index (χ2v) is 5.12. The highest BCUT2D eigenvalue weighted by molar-refractivity contribution is 6.03. The van der Waals surface area contributed by atoms with Crippen molar-refractivity contribution in [2.75, 3.05) is 20.3 Å². The average Bonchev–Trinajstić information content (AvgIpc) is 3.01. The molecule has 1 aliphatic rings. The number of nitrogens with zero attached hydrogens (tertiary/aromatic N) is 1. The molecule has 1 heterocycles. The summed E-state index contributed by atoms with van der Waals surface area (Å²) in [4.78, 5) is 14.2. The zero-order valence-corrected chi connectivity index (χ0v) is 11.4. The van der Waals surface area contributed by atoms with Crippen LogP contribution in [0.25, 0.3) is 10.8 Å². The third-order valence-corrected chi connectivity index (χ3v) is 3.90. The van der Waals surface area contributed by atoms with Gasteiger partial charge in [0.25, 0.3) is 5.91 Å². The lowest BCUT2D eigenvalue weighted by molar-refractivity contribution is 0.0708. The van der Waals surface area contributed by atoms with Crippen molar-refractivity contribution in [3.05, 3.63) is 42.0 Å². The summed E-state index contributed by atoms with van der Waals surface area (Å²) in [5, 5.41) is 12.0. The van der Waals surface area contributed by atoms with Crippen LogP contribution >= 0.6 is 0 Å². The number of carbonyl (C=O) groups excluding carboxylic acids is 1. The van der Waals surface area contributed by atoms with E-state index in [9.17, 15) is 9.90 Å². The van der Waals surface area contributed by atoms with Crippen LogP contribution in [0.3, 0.4) is 0 Å². The summed E-state index contributed by atoms with van der Waals surface area (Å²) < 4.78 is 5.31. The van der Waals surface area contributed by atoms with E-state index in [4.69, 9.17) is 4.74 Å². The minimum Gasteiger partial charge on any atom is -0.506 e. The lowest BCUT2D eigenvalue weighted by atomic mass is 10.0. The summed E-state index contributed by atoms with van der Waals surface area (Å²) in [5.74, 6) is -0.109. The van der Waals surface area contributed by atoms with E-state index in [1.165, 1.54) is 0 Å². The predicted molar refractivity (Wildman–Crippen MR) is 76.9 cm³/mol. The molecule has 4 nitrogen and oxygen atoms in total. The molecule has 0 bridgehead atoms. The second kappa shape index (κ2) is 5.13. The Balaban J connectivity index is 1.97. The number of amides is 1. The Hall–Kier alpha value is -2.07. The van der Waals surface area contributed by atoms with Gasteiger partial charge in [-0.2, -0.15) is 0 Å². The quantitative estimate of drug-likeness (QED) is 0.912. The predicted octanol–water partition coefficient (Wildman–Crippen LogP) is 2.41. The van der Waals surface area contributed by atoms with E-state index in [1.54, 1.807) is 18.0 Å². The van der Waals surface area contributed by atoms with Gasteiger partial charge in [-0.3, -0.25) is 4.79 Å². The fraction of sp³-hybridized carbons (Fsp3) is 0.312. The first-order valence-electron chi connectivity index (χ1n) is 6.74. The third kappa shape index (κ3) is 2.12. The number of aromatic hydroxyl groups is 1. The van der Waals surface area contributed by atoms with E-state index in [2.05, 4.69) is 0 Å². The van der Waals surface area contributed by atoms with Crippen molar-refractivity contribution in [3.8, 4) is 5.75 Å². The molecule has 4 heteroatoms. The number of likely N-dealkylation sites (N-methyl/N-ethyl adjacent to an activating group) is 1. The SMILES string of the molecule is CN(C(=O)c1ccc2ccccc2c1O)C1CCOC1. The molecule has 0 saturated carbocycles. The molecular formula is C16H17NO3. The van der Waals surface area contributed by atoms with Crippen LogP contribution < -0.4 is 0 Å². The number of ether oxygens (including phenoxy) is 1. The lowest BCUT2D eigenvalue weighted by Gasteiger charge is -2.23. The standard InChI is InChI=1S/C16H17NO3/c1-17(12-8-9-20-10-12)16(19)14-7-6-11-4-2-3-5-13(11)15(14)18/h2-7,12,18H,8-10H2,1H3. The number of carbonyl (C=O) groups is 1. The van der Waals surface area contributed by atoms with Gasteiger partial charge in [0.2, 0.25) is 0 Å². The Morgan fingerprint density at radius 2 is 2.10 bits per heavy atom. The van der Waals surface area contributed by atoms with Gasteiger partial charge in [-0.1, -0.05) is 30.3 Å². The van der Waals surface area contributed by atoms with Crippen LogP contribution in [0.2, 0.25) is 0 Å². The van der Waals surface area contributed by atoms with Crippen LogP contribution in [0.15, 0.2) is 36.4 Å². The molecule has 0 radical (unpaired) electrons. The molecule has 0 aliphatic carbocycles. The summed E-state index contributed by atoms with van der Waals surface area (Å²) in [6.07, 6.45) is 0.844. The largest absolute Gasteiger partial charge is 0.506 e. The van der Waals surface area contributed by atoms with Crippen LogP contribution in [0.4, 0.5) is 0 Å². The first-order valence-corrected chi connectivity index (χ1v) is 6.74. The molecule has 3 rings (SSSR count). The van der Waals surface area contributed by atoms with Crippen molar-refractivity contribution >= 4 is 16.7 Å². The first-order chi connectivity index (χ1) is 9.68. The van der Waals surface area contributed by atoms with Gasteiger partial charge in [-0.15, -0.1) is 0 Å². The summed E-state index contributed by atoms with van der Waals surface area (Å²) in [7, 11) is 1.76. The Bertz CT molecular complexity index is 647. The van der Waals surface area contributed by atoms with Crippen LogP contribution in [0, 0.1) is 0 Å². The zero-order chi connectivity index (χ0) is 14.1. The molecule has 2 aromatic rings. The van der Waals surface area contributed by atoms with Gasteiger partial charge in [0, 0.05) is 19.0 Å². The van der Waals surface area contributed by atoms with Crippen LogP contribution in [0.1, 0.15) is 16.8 Å². The van der Waals surface area contributed by atoms with E-state index in [1.807, 2.05) is 30.3 Å². The molecule has 0 aromatic heterocycles. The number of hydrogen-bond acceptors (Lipinski definition) is 3. The molecule has 1 aliphatic heterocycles. The maximum Gasteiger partial charge on any atom is 0.257 e. The van der Waals surface area contributed by atoms with Crippen molar-refractivity contribution in [1.29, 1.82) is 0 Å². The van der Waals surface area contributed by atoms with Gasteiger partial charge in [0.1, 0.15) is 5.75 Å². The third-order valence-electron chi connectivity index (χ3n) is 3.90. The Morgan fingerprint density at radius 3 is 2.85 bits per heavy atom. The fourth-order valence-electron chi connectivity index (χ4n) is 2.61. The van der Waals surface area contributed by atoms with Gasteiger partial charge in [-0.25, -0.2) is 0 Å². The molecular weight excluding hydrogens is 254 g/mol. The summed E-state index contributed by atoms with van der Waals surface area (Å²) >= 11 is 0. The van der Waals surface area contributed by atoms with Gasteiger partial charge >= 0.3 is 0 Å². The molecule has 20 heavy (non-hydrogen) atoms. The number of fused-ring (bicyclic) bond motifs is 1. The van der Waals surface area contributed by atoms with Crippen molar-refractivity contribution < 1.29 is 14.6 Å². The van der Waals surface area contributed by atoms with Crippen molar-refractivity contribution in [1.82, 2.24) is 4.90 Å². The van der Waals surface area contributed by atoms with E-state index >= 15 is 0 Å². The monoisotopic (exact) mass is 271 g/mol. The smallest absolute Gasteiger partial charge is 0.257 e. The highest BCUT2D eigenvalue weighted by Gasteiger charge is 2.26. The number of rotatable bonds is 2. The molecule has 1 amide bonds. The Kier molecular flexibility index (Phi) is 3.32. The normalized spacial score (nSPS) is 18.4. The fourth-order valence-corrected chi connectivity index (χ4v) is 2.61. The van der Waals surface area contributed by atoms with Crippen molar-refractivity contribution in [2.24, 2.45) is 0 Å². The summed E-state index contributed by atoms with van der Waals surface area (Å²) in [6.45, 7) is 1.25. The second-order valence-electron chi connectivity index (χ2n) is 5.12. The first kappa shape index (κ1) is 12.9. The summed E-state index contributed by atoms with van der Waals surface area (Å²) in [5.41, 5.74) is 0.345. The minimum absolute atomic E-state index is 0.0545. The number of hydrogen-bond donors (Lipinski definition) is 1. The van der Waals surface area contributed by atoms with Crippen molar-refractivity contribution in [3.63, 3.8) is 0 Å². The van der Waals surface area contributed by atoms with E-state index in [0.717, 1.165) is 11.8 Å². The average molecular weight is 271 g/mol. The van der Waals surface area contributed by atoms with Crippen LogP contribution in [0.5, 0.6) is 5.75 Å². The molecule has 2 aromatic carbocycles. The molecule has 1 N–H and O–H groups in total. The lowest BCUT2D eigenvalue weighted by Crippen LogP contribution is -2.37. The van der Waals surface area contributed by atoms with Crippen molar-refractivity contribution in [2.45, 2.75) is 12.5 Å². The molecule has 1 atom stereocenters. The highest BCUT2D eigenvalue weighted by Crippen LogP contribution is 2.30. The van der Waals surface area contributed by atoms with E-state index < -0.39 is 0 Å². The molecule has 104 valence electrons. The topological polar surface area (TPSA) is 49.8 Å². The molecule has 0 spiro atoms. The zero-order valence-electron chi connectivity index (χ0n) is 11.4. The maximum atomic E-state index is 12.5. The number of phenols is 1. The minimum atomic E-state index is -0.163. The molecule has 1 fully saturated rings. The highest BCUT2D eigenvalue weighted by atomic mass is 16.5. The van der Waals surface area contributed by atoms with Gasteiger partial charge in [0.05, 0.1) is 18.2 Å². The van der Waals surface area contributed by atoms with Gasteiger partial charge in [0.15, 0.2) is 0 Å². The van der Waals surface area contributed by atoms with Crippen LogP contribution in [-0.2, 0) is 4.74 Å². The molecule has 1 saturated heterocycles. The Morgan fingerprint density at radius 1 is 1.30 bits per heavy atom. The van der Waals surface area contributed by atoms with Gasteiger partial charge < -0.3 is 14.7 Å². The number of phenolic OH excluding ortho intramolecular Hbond substituents is 1. The summed E-state index contributed by atoms with van der Waals surface area (Å²) in [6, 6.07) is 11.1. The Labute approximate surface area is 117 Å². The van der Waals surface area contributed by atoms with Gasteiger partial charge in [-0.05, 0) is 17.9 Å². The maximum absolute atomic E-state index is 12.5. The van der Waals surface area contributed by atoms with Crippen LogP contribution in [-0.4, -0.2) is 42.2 Å². The molecule has 1 unspecified atom stereocenters. The van der Waals surface area contributed by atoms with E-state index in [-0.39, 0.29) is 17.7 Å². The van der Waals surface area contributed by atoms with E-state index in [0.29, 0.717) is 24.2 Å². The number of benzene rings is 2.